The Balaban J connectivity index is 1.38. The van der Waals surface area contributed by atoms with Crippen LogP contribution >= 0.6 is 15.9 Å². The zero-order valence-electron chi connectivity index (χ0n) is 23.4. The van der Waals surface area contributed by atoms with E-state index in [0.717, 1.165) is 5.39 Å². The van der Waals surface area contributed by atoms with Gasteiger partial charge in [0.1, 0.15) is 17.9 Å². The van der Waals surface area contributed by atoms with E-state index in [4.69, 9.17) is 23.6 Å². The van der Waals surface area contributed by atoms with Gasteiger partial charge in [-0.2, -0.15) is 9.78 Å². The number of methoxy groups -OCH3 is 2. The maximum Gasteiger partial charge on any atom is 0.282 e. The first-order valence-electron chi connectivity index (χ1n) is 13.2. The fourth-order valence-electron chi connectivity index (χ4n) is 4.68. The second-order valence-electron chi connectivity index (χ2n) is 9.54. The molecule has 0 unspecified atom stereocenters. The van der Waals surface area contributed by atoms with Crippen LogP contribution in [0.3, 0.4) is 0 Å². The van der Waals surface area contributed by atoms with Crippen molar-refractivity contribution >= 4 is 49.7 Å². The van der Waals surface area contributed by atoms with Crippen molar-refractivity contribution in [2.24, 2.45) is 5.10 Å². The summed E-state index contributed by atoms with van der Waals surface area (Å²) in [6, 6.07) is 23.8. The third-order valence-corrected chi connectivity index (χ3v) is 7.51. The van der Waals surface area contributed by atoms with E-state index in [1.807, 2.05) is 12.1 Å². The highest BCUT2D eigenvalue weighted by Gasteiger charge is 2.18. The lowest BCUT2D eigenvalue weighted by molar-refractivity contribution is -0.384. The van der Waals surface area contributed by atoms with Crippen LogP contribution in [-0.2, 0) is 6.61 Å². The van der Waals surface area contributed by atoms with E-state index in [0.29, 0.717) is 55.1 Å². The van der Waals surface area contributed by atoms with Gasteiger partial charge in [0.15, 0.2) is 17.3 Å². The molecule has 0 saturated carbocycles. The van der Waals surface area contributed by atoms with Gasteiger partial charge >= 0.3 is 0 Å². The number of aromatic nitrogens is 2. The van der Waals surface area contributed by atoms with Crippen LogP contribution in [-0.4, -0.2) is 35.0 Å². The van der Waals surface area contributed by atoms with Crippen LogP contribution in [0.5, 0.6) is 17.2 Å². The standard InChI is InChI=1S/C32H23BrN4O7/c1-41-26-11-6-12-27-23(26)15-30(44-27)31-35-25-10-4-3-9-22(25)32(38)36(31)34-17-20-14-28(42-2)29(16-24(20)33)43-18-19-7-5-8-21(13-19)37(39)40/h3-17H,18H2,1-2H3. The molecule has 0 aliphatic carbocycles. The van der Waals surface area contributed by atoms with Crippen LogP contribution in [0, 0.1) is 10.1 Å². The van der Waals surface area contributed by atoms with Crippen molar-refractivity contribution in [1.82, 2.24) is 9.66 Å². The molecule has 2 heterocycles. The summed E-state index contributed by atoms with van der Waals surface area (Å²) in [5, 5.41) is 16.8. The summed E-state index contributed by atoms with van der Waals surface area (Å²) in [5.74, 6) is 1.98. The van der Waals surface area contributed by atoms with Crippen LogP contribution in [0.25, 0.3) is 33.5 Å². The minimum Gasteiger partial charge on any atom is -0.496 e. The second kappa shape index (κ2) is 12.0. The molecule has 0 aliphatic heterocycles. The van der Waals surface area contributed by atoms with Crippen LogP contribution < -0.4 is 19.8 Å². The number of nitrogens with zero attached hydrogens (tertiary/aromatic N) is 4. The number of fused-ring (bicyclic) bond motifs is 2. The van der Waals surface area contributed by atoms with Crippen LogP contribution in [0.2, 0.25) is 0 Å². The number of hydrogen-bond donors (Lipinski definition) is 0. The van der Waals surface area contributed by atoms with Gasteiger partial charge in [-0.25, -0.2) is 4.98 Å². The van der Waals surface area contributed by atoms with E-state index in [1.54, 1.807) is 67.8 Å². The lowest BCUT2D eigenvalue weighted by atomic mass is 10.2. The minimum atomic E-state index is -0.457. The third kappa shape index (κ3) is 5.50. The number of nitro groups is 1. The van der Waals surface area contributed by atoms with Crippen molar-refractivity contribution < 1.29 is 23.6 Å². The van der Waals surface area contributed by atoms with E-state index in [2.05, 4.69) is 21.0 Å². The normalized spacial score (nSPS) is 11.3. The Bertz CT molecular complexity index is 2140. The van der Waals surface area contributed by atoms with Gasteiger partial charge in [0.05, 0.1) is 41.6 Å². The number of furan rings is 1. The number of rotatable bonds is 9. The van der Waals surface area contributed by atoms with Crippen molar-refractivity contribution in [3.63, 3.8) is 0 Å². The Morgan fingerprint density at radius 3 is 2.55 bits per heavy atom. The van der Waals surface area contributed by atoms with Gasteiger partial charge in [-0.15, -0.1) is 0 Å². The molecule has 11 nitrogen and oxygen atoms in total. The average Bonchev–Trinajstić information content (AvgIpc) is 3.48. The fourth-order valence-corrected chi connectivity index (χ4v) is 5.10. The first-order chi connectivity index (χ1) is 21.4. The number of non-ortho nitro benzene ring substituents is 1. The molecule has 0 N–H and O–H groups in total. The van der Waals surface area contributed by atoms with Gasteiger partial charge in [0, 0.05) is 22.2 Å². The monoisotopic (exact) mass is 654 g/mol. The number of ether oxygens (including phenoxy) is 3. The molecule has 0 aliphatic rings. The maximum atomic E-state index is 13.7. The molecule has 220 valence electrons. The SMILES string of the molecule is COc1cc(C=Nn2c(-c3cc4c(OC)cccc4o3)nc3ccccc3c2=O)c(Br)cc1OCc1cccc([N+](=O)[O-])c1. The zero-order valence-corrected chi connectivity index (χ0v) is 25.0. The van der Waals surface area contributed by atoms with Crippen molar-refractivity contribution in [2.45, 2.75) is 6.61 Å². The van der Waals surface area contributed by atoms with Crippen molar-refractivity contribution in [3.05, 3.63) is 121 Å². The Morgan fingerprint density at radius 1 is 0.955 bits per heavy atom. The first-order valence-corrected chi connectivity index (χ1v) is 14.0. The van der Waals surface area contributed by atoms with Gasteiger partial charge in [-0.05, 0) is 64.0 Å². The smallest absolute Gasteiger partial charge is 0.282 e. The van der Waals surface area contributed by atoms with Gasteiger partial charge in [-0.1, -0.05) is 30.3 Å². The van der Waals surface area contributed by atoms with E-state index in [1.165, 1.54) is 30.1 Å². The molecule has 0 radical (unpaired) electrons. The molecule has 6 rings (SSSR count). The molecular weight excluding hydrogens is 632 g/mol. The lowest BCUT2D eigenvalue weighted by Gasteiger charge is -2.13. The quantitative estimate of drug-likeness (QED) is 0.0929. The summed E-state index contributed by atoms with van der Waals surface area (Å²) in [6.45, 7) is 0.0850. The molecular formula is C32H23BrN4O7. The maximum absolute atomic E-state index is 13.7. The average molecular weight is 655 g/mol. The zero-order chi connectivity index (χ0) is 30.8. The number of halogens is 1. The lowest BCUT2D eigenvalue weighted by Crippen LogP contribution is -2.20. The molecule has 0 fully saturated rings. The predicted octanol–water partition coefficient (Wildman–Crippen LogP) is 6.96. The largest absolute Gasteiger partial charge is 0.496 e. The number of para-hydroxylation sites is 1. The van der Waals surface area contributed by atoms with E-state index >= 15 is 0 Å². The van der Waals surface area contributed by atoms with Crippen molar-refractivity contribution in [1.29, 1.82) is 0 Å². The summed E-state index contributed by atoms with van der Waals surface area (Å²) >= 11 is 3.55. The molecule has 0 atom stereocenters. The molecule has 0 saturated heterocycles. The predicted molar refractivity (Wildman–Crippen MR) is 169 cm³/mol. The summed E-state index contributed by atoms with van der Waals surface area (Å²) < 4.78 is 24.8. The topological polar surface area (TPSA) is 131 Å². The minimum absolute atomic E-state index is 0.0228. The van der Waals surface area contributed by atoms with E-state index in [9.17, 15) is 14.9 Å². The van der Waals surface area contributed by atoms with Crippen LogP contribution in [0.4, 0.5) is 5.69 Å². The molecule has 0 spiro atoms. The van der Waals surface area contributed by atoms with Gasteiger partial charge < -0.3 is 18.6 Å². The Morgan fingerprint density at radius 2 is 1.75 bits per heavy atom. The Kier molecular flexibility index (Phi) is 7.82. The van der Waals surface area contributed by atoms with E-state index < -0.39 is 4.92 Å². The summed E-state index contributed by atoms with van der Waals surface area (Å²) in [4.78, 5) is 29.1. The molecule has 44 heavy (non-hydrogen) atoms. The summed E-state index contributed by atoms with van der Waals surface area (Å²) in [7, 11) is 3.07. The first kappa shape index (κ1) is 28.6. The van der Waals surface area contributed by atoms with Crippen LogP contribution in [0.15, 0.2) is 104 Å². The summed E-state index contributed by atoms with van der Waals surface area (Å²) in [6.07, 6.45) is 1.50. The summed E-state index contributed by atoms with van der Waals surface area (Å²) in [5.41, 5.74) is 1.88. The number of hydrogen-bond acceptors (Lipinski definition) is 9. The van der Waals surface area contributed by atoms with Crippen molar-refractivity contribution in [2.75, 3.05) is 14.2 Å². The molecule has 6 aromatic rings. The molecule has 2 aromatic heterocycles. The van der Waals surface area contributed by atoms with Crippen molar-refractivity contribution in [3.8, 4) is 28.8 Å². The highest BCUT2D eigenvalue weighted by molar-refractivity contribution is 9.10. The third-order valence-electron chi connectivity index (χ3n) is 6.83. The molecule has 0 amide bonds. The second-order valence-corrected chi connectivity index (χ2v) is 10.4. The fraction of sp³-hybridized carbons (Fsp3) is 0.0938. The van der Waals surface area contributed by atoms with Gasteiger partial charge in [0.25, 0.3) is 11.2 Å². The highest BCUT2D eigenvalue weighted by atomic mass is 79.9. The van der Waals surface area contributed by atoms with E-state index in [-0.39, 0.29) is 23.7 Å². The van der Waals surface area contributed by atoms with Gasteiger partial charge in [-0.3, -0.25) is 14.9 Å². The van der Waals surface area contributed by atoms with Gasteiger partial charge in [0.2, 0.25) is 5.82 Å². The Labute approximate surface area is 258 Å². The number of benzene rings is 4. The number of nitro benzene ring substituents is 1. The molecule has 0 bridgehead atoms. The highest BCUT2D eigenvalue weighted by Crippen LogP contribution is 2.35. The Hall–Kier alpha value is -5.49. The molecule has 12 heteroatoms. The molecule has 4 aromatic carbocycles. The van der Waals surface area contributed by atoms with Crippen LogP contribution in [0.1, 0.15) is 11.1 Å².